The smallest absolute Gasteiger partial charge is 0.195 e. The maximum absolute atomic E-state index is 12.3. The number of hydrogen-bond acceptors (Lipinski definition) is 3. The highest BCUT2D eigenvalue weighted by atomic mass is 32.1. The van der Waals surface area contributed by atoms with E-state index in [9.17, 15) is 4.79 Å². The molecule has 0 radical (unpaired) electrons. The molecule has 0 amide bonds. The van der Waals surface area contributed by atoms with Crippen molar-refractivity contribution in [1.29, 1.82) is 0 Å². The van der Waals surface area contributed by atoms with Crippen molar-refractivity contribution in [2.45, 2.75) is 27.7 Å². The summed E-state index contributed by atoms with van der Waals surface area (Å²) in [4.78, 5) is 17.0. The van der Waals surface area contributed by atoms with Gasteiger partial charge >= 0.3 is 0 Å². The van der Waals surface area contributed by atoms with Crippen molar-refractivity contribution in [2.24, 2.45) is 0 Å². The van der Waals surface area contributed by atoms with Crippen LogP contribution in [-0.2, 0) is 0 Å². The Hall–Kier alpha value is -0.930. The summed E-state index contributed by atoms with van der Waals surface area (Å²) in [6, 6.07) is 3.99. The number of rotatable bonds is 2. The molecule has 16 heavy (non-hydrogen) atoms. The van der Waals surface area contributed by atoms with Crippen LogP contribution in [0.4, 0.5) is 0 Å². The Morgan fingerprint density at radius 1 is 0.875 bits per heavy atom. The molecule has 0 fully saturated rings. The van der Waals surface area contributed by atoms with Crippen LogP contribution in [0.5, 0.6) is 0 Å². The van der Waals surface area contributed by atoms with E-state index in [0.29, 0.717) is 0 Å². The Morgan fingerprint density at radius 2 is 1.25 bits per heavy atom. The van der Waals surface area contributed by atoms with E-state index in [1.807, 2.05) is 39.8 Å². The Balaban J connectivity index is 2.46. The molecule has 0 aliphatic rings. The summed E-state index contributed by atoms with van der Waals surface area (Å²) in [5.41, 5.74) is 1.73. The first-order chi connectivity index (χ1) is 7.49. The molecule has 0 spiro atoms. The van der Waals surface area contributed by atoms with Gasteiger partial charge in [-0.25, -0.2) is 0 Å². The molecule has 2 aromatic heterocycles. The second-order valence-electron chi connectivity index (χ2n) is 3.98. The number of thiophene rings is 2. The molecule has 0 aliphatic heterocycles. The highest BCUT2D eigenvalue weighted by molar-refractivity contribution is 7.12. The molecule has 2 rings (SSSR count). The summed E-state index contributed by atoms with van der Waals surface area (Å²) in [5.74, 6) is 0.170. The number of carbonyl (C=O) groups is 1. The fourth-order valence-electron chi connectivity index (χ4n) is 1.86. The Labute approximate surface area is 104 Å². The normalized spacial score (nSPS) is 10.8. The molecule has 0 N–H and O–H groups in total. The average Bonchev–Trinajstić information content (AvgIpc) is 2.68. The van der Waals surface area contributed by atoms with Crippen molar-refractivity contribution in [3.05, 3.63) is 42.8 Å². The van der Waals surface area contributed by atoms with Gasteiger partial charge in [-0.15, -0.1) is 22.7 Å². The van der Waals surface area contributed by atoms with Gasteiger partial charge in [0.05, 0.1) is 0 Å². The summed E-state index contributed by atoms with van der Waals surface area (Å²) < 4.78 is 0. The molecule has 2 aromatic rings. The van der Waals surface area contributed by atoms with Gasteiger partial charge in [0.15, 0.2) is 5.78 Å². The molecular formula is C13H14OS2. The molecule has 0 unspecified atom stereocenters. The van der Waals surface area contributed by atoms with Crippen molar-refractivity contribution >= 4 is 28.5 Å². The van der Waals surface area contributed by atoms with Gasteiger partial charge in [-0.05, 0) is 39.8 Å². The van der Waals surface area contributed by atoms with E-state index < -0.39 is 0 Å². The van der Waals surface area contributed by atoms with E-state index in [1.54, 1.807) is 22.7 Å². The lowest BCUT2D eigenvalue weighted by Crippen LogP contribution is -2.01. The minimum atomic E-state index is 0.170. The van der Waals surface area contributed by atoms with Crippen LogP contribution in [0.15, 0.2) is 12.1 Å². The van der Waals surface area contributed by atoms with Crippen molar-refractivity contribution in [3.63, 3.8) is 0 Å². The van der Waals surface area contributed by atoms with Crippen LogP contribution < -0.4 is 0 Å². The third-order valence-corrected chi connectivity index (χ3v) is 4.50. The predicted molar refractivity (Wildman–Crippen MR) is 71.0 cm³/mol. The zero-order chi connectivity index (χ0) is 11.9. The predicted octanol–water partition coefficient (Wildman–Crippen LogP) is 4.27. The summed E-state index contributed by atoms with van der Waals surface area (Å²) in [5, 5.41) is 0. The van der Waals surface area contributed by atoms with E-state index in [-0.39, 0.29) is 5.78 Å². The second kappa shape index (κ2) is 4.15. The van der Waals surface area contributed by atoms with Crippen LogP contribution in [0, 0.1) is 27.7 Å². The maximum atomic E-state index is 12.3. The largest absolute Gasteiger partial charge is 0.289 e. The highest BCUT2D eigenvalue weighted by Gasteiger charge is 2.17. The summed E-state index contributed by atoms with van der Waals surface area (Å²) in [6.45, 7) is 8.11. The van der Waals surface area contributed by atoms with Crippen LogP contribution >= 0.6 is 22.7 Å². The average molecular weight is 250 g/mol. The number of ketones is 1. The van der Waals surface area contributed by atoms with Crippen molar-refractivity contribution in [1.82, 2.24) is 0 Å². The fourth-order valence-corrected chi connectivity index (χ4v) is 3.70. The first kappa shape index (κ1) is 11.6. The summed E-state index contributed by atoms with van der Waals surface area (Å²) >= 11 is 3.37. The molecule has 84 valence electrons. The molecular weight excluding hydrogens is 236 g/mol. The standard InChI is InChI=1S/C13H14OS2/c1-7-5-11(9(3)15-7)13(14)12-6-8(2)16-10(12)4/h5-6H,1-4H3. The minimum absolute atomic E-state index is 0.170. The number of aryl methyl sites for hydroxylation is 4. The van der Waals surface area contributed by atoms with E-state index in [1.165, 1.54) is 9.75 Å². The molecule has 0 atom stereocenters. The molecule has 0 bridgehead atoms. The summed E-state index contributed by atoms with van der Waals surface area (Å²) in [6.07, 6.45) is 0. The Morgan fingerprint density at radius 3 is 1.50 bits per heavy atom. The SMILES string of the molecule is Cc1cc(C(=O)c2cc(C)sc2C)c(C)s1. The van der Waals surface area contributed by atoms with E-state index in [2.05, 4.69) is 0 Å². The second-order valence-corrected chi connectivity index (χ2v) is 6.90. The molecule has 2 heterocycles. The maximum Gasteiger partial charge on any atom is 0.195 e. The van der Waals surface area contributed by atoms with Crippen molar-refractivity contribution in [3.8, 4) is 0 Å². The van der Waals surface area contributed by atoms with Crippen LogP contribution in [0.25, 0.3) is 0 Å². The monoisotopic (exact) mass is 250 g/mol. The number of hydrogen-bond donors (Lipinski definition) is 0. The molecule has 0 saturated heterocycles. The van der Waals surface area contributed by atoms with Crippen LogP contribution in [0.3, 0.4) is 0 Å². The zero-order valence-corrected chi connectivity index (χ0v) is 11.5. The lowest BCUT2D eigenvalue weighted by atomic mass is 10.0. The Bertz CT molecular complexity index is 498. The lowest BCUT2D eigenvalue weighted by molar-refractivity contribution is 0.103. The van der Waals surface area contributed by atoms with Gasteiger partial charge in [0.25, 0.3) is 0 Å². The molecule has 3 heteroatoms. The van der Waals surface area contributed by atoms with Gasteiger partial charge in [0.2, 0.25) is 0 Å². The Kier molecular flexibility index (Phi) is 3.00. The third kappa shape index (κ3) is 1.97. The van der Waals surface area contributed by atoms with E-state index in [0.717, 1.165) is 20.9 Å². The summed E-state index contributed by atoms with van der Waals surface area (Å²) in [7, 11) is 0. The molecule has 0 aliphatic carbocycles. The van der Waals surface area contributed by atoms with Gasteiger partial charge in [-0.3, -0.25) is 4.79 Å². The van der Waals surface area contributed by atoms with Crippen molar-refractivity contribution < 1.29 is 4.79 Å². The van der Waals surface area contributed by atoms with E-state index >= 15 is 0 Å². The molecule has 1 nitrogen and oxygen atoms in total. The minimum Gasteiger partial charge on any atom is -0.289 e. The lowest BCUT2D eigenvalue weighted by Gasteiger charge is -1.98. The first-order valence-electron chi connectivity index (χ1n) is 5.18. The quantitative estimate of drug-likeness (QED) is 0.727. The van der Waals surface area contributed by atoms with Gasteiger partial charge in [-0.2, -0.15) is 0 Å². The first-order valence-corrected chi connectivity index (χ1v) is 6.81. The van der Waals surface area contributed by atoms with Crippen LogP contribution in [0.2, 0.25) is 0 Å². The topological polar surface area (TPSA) is 17.1 Å². The zero-order valence-electron chi connectivity index (χ0n) is 9.88. The fraction of sp³-hybridized carbons (Fsp3) is 0.308. The molecule has 0 aromatic carbocycles. The number of carbonyl (C=O) groups excluding carboxylic acids is 1. The molecule has 0 saturated carbocycles. The van der Waals surface area contributed by atoms with Gasteiger partial charge < -0.3 is 0 Å². The van der Waals surface area contributed by atoms with Crippen LogP contribution in [-0.4, -0.2) is 5.78 Å². The highest BCUT2D eigenvalue weighted by Crippen LogP contribution is 2.27. The van der Waals surface area contributed by atoms with Crippen LogP contribution in [0.1, 0.15) is 35.4 Å². The van der Waals surface area contributed by atoms with Gasteiger partial charge in [0.1, 0.15) is 0 Å². The van der Waals surface area contributed by atoms with E-state index in [4.69, 9.17) is 0 Å². The van der Waals surface area contributed by atoms with Gasteiger partial charge in [-0.1, -0.05) is 0 Å². The van der Waals surface area contributed by atoms with Gasteiger partial charge in [0, 0.05) is 30.6 Å². The van der Waals surface area contributed by atoms with Crippen molar-refractivity contribution in [2.75, 3.05) is 0 Å². The third-order valence-electron chi connectivity index (χ3n) is 2.57.